The van der Waals surface area contributed by atoms with Gasteiger partial charge in [-0.2, -0.15) is 0 Å². The SMILES string of the molecule is Cc1ccc(NS(=O)(=O)c2cc(C(=O)N3CCC(C(N)=O)CC3)ccc2C)cc1. The molecule has 154 valence electrons. The number of nitrogens with zero attached hydrogens (tertiary/aromatic N) is 1. The first-order chi connectivity index (χ1) is 13.7. The lowest BCUT2D eigenvalue weighted by atomic mass is 9.96. The Kier molecular flexibility index (Phi) is 5.93. The fraction of sp³-hybridized carbons (Fsp3) is 0.333. The number of sulfonamides is 1. The molecule has 7 nitrogen and oxygen atoms in total. The number of carbonyl (C=O) groups excluding carboxylic acids is 2. The number of primary amides is 1. The van der Waals surface area contributed by atoms with Gasteiger partial charge in [0.15, 0.2) is 0 Å². The number of aryl methyl sites for hydroxylation is 2. The lowest BCUT2D eigenvalue weighted by Crippen LogP contribution is -2.41. The van der Waals surface area contributed by atoms with E-state index in [2.05, 4.69) is 4.72 Å². The number of benzene rings is 2. The van der Waals surface area contributed by atoms with Crippen LogP contribution in [0.15, 0.2) is 47.4 Å². The van der Waals surface area contributed by atoms with Gasteiger partial charge in [-0.25, -0.2) is 8.42 Å². The highest BCUT2D eigenvalue weighted by molar-refractivity contribution is 7.92. The van der Waals surface area contributed by atoms with Crippen molar-refractivity contribution in [3.05, 3.63) is 59.2 Å². The van der Waals surface area contributed by atoms with Crippen LogP contribution in [-0.4, -0.2) is 38.2 Å². The molecule has 2 aromatic rings. The van der Waals surface area contributed by atoms with Gasteiger partial charge in [0.2, 0.25) is 5.91 Å². The minimum Gasteiger partial charge on any atom is -0.369 e. The van der Waals surface area contributed by atoms with Crippen LogP contribution < -0.4 is 10.5 Å². The Bertz CT molecular complexity index is 1020. The second-order valence-electron chi connectivity index (χ2n) is 7.42. The molecule has 1 aliphatic heterocycles. The molecule has 2 amide bonds. The summed E-state index contributed by atoms with van der Waals surface area (Å²) in [4.78, 5) is 25.9. The number of amides is 2. The van der Waals surface area contributed by atoms with E-state index in [0.29, 0.717) is 42.7 Å². The zero-order valence-electron chi connectivity index (χ0n) is 16.5. The summed E-state index contributed by atoms with van der Waals surface area (Å²) in [6.45, 7) is 4.45. The molecule has 3 N–H and O–H groups in total. The van der Waals surface area contributed by atoms with Gasteiger partial charge in [-0.05, 0) is 56.5 Å². The van der Waals surface area contributed by atoms with E-state index in [1.807, 2.05) is 19.1 Å². The van der Waals surface area contributed by atoms with Gasteiger partial charge in [-0.1, -0.05) is 23.8 Å². The van der Waals surface area contributed by atoms with Crippen LogP contribution in [-0.2, 0) is 14.8 Å². The number of carbonyl (C=O) groups is 2. The average Bonchev–Trinajstić information content (AvgIpc) is 2.69. The van der Waals surface area contributed by atoms with Crippen molar-refractivity contribution in [3.8, 4) is 0 Å². The minimum absolute atomic E-state index is 0.0657. The van der Waals surface area contributed by atoms with E-state index in [9.17, 15) is 18.0 Å². The Morgan fingerprint density at radius 2 is 1.66 bits per heavy atom. The second kappa shape index (κ2) is 8.24. The van der Waals surface area contributed by atoms with E-state index in [-0.39, 0.29) is 22.6 Å². The number of nitrogens with two attached hydrogens (primary N) is 1. The van der Waals surface area contributed by atoms with Crippen molar-refractivity contribution in [2.75, 3.05) is 17.8 Å². The lowest BCUT2D eigenvalue weighted by Gasteiger charge is -2.30. The van der Waals surface area contributed by atoms with Crippen molar-refractivity contribution in [2.45, 2.75) is 31.6 Å². The molecular weight excluding hydrogens is 390 g/mol. The monoisotopic (exact) mass is 415 g/mol. The predicted molar refractivity (Wildman–Crippen MR) is 111 cm³/mol. The largest absolute Gasteiger partial charge is 0.369 e. The maximum Gasteiger partial charge on any atom is 0.262 e. The van der Waals surface area contributed by atoms with Gasteiger partial charge in [0, 0.05) is 30.3 Å². The lowest BCUT2D eigenvalue weighted by molar-refractivity contribution is -0.123. The van der Waals surface area contributed by atoms with Crippen molar-refractivity contribution >= 4 is 27.5 Å². The number of anilines is 1. The molecule has 0 spiro atoms. The van der Waals surface area contributed by atoms with E-state index in [4.69, 9.17) is 5.73 Å². The maximum absolute atomic E-state index is 12.9. The number of likely N-dealkylation sites (tertiary alicyclic amines) is 1. The predicted octanol–water partition coefficient (Wildman–Crippen LogP) is 2.44. The summed E-state index contributed by atoms with van der Waals surface area (Å²) in [6.07, 6.45) is 1.04. The van der Waals surface area contributed by atoms with Crippen molar-refractivity contribution in [1.29, 1.82) is 0 Å². The Balaban J connectivity index is 1.81. The van der Waals surface area contributed by atoms with Gasteiger partial charge in [0.25, 0.3) is 15.9 Å². The highest BCUT2D eigenvalue weighted by atomic mass is 32.2. The molecule has 1 saturated heterocycles. The van der Waals surface area contributed by atoms with Crippen LogP contribution in [0.3, 0.4) is 0 Å². The molecule has 3 rings (SSSR count). The Morgan fingerprint density at radius 1 is 1.03 bits per heavy atom. The molecule has 0 radical (unpaired) electrons. The smallest absolute Gasteiger partial charge is 0.262 e. The number of hydrogen-bond acceptors (Lipinski definition) is 4. The topological polar surface area (TPSA) is 110 Å². The number of hydrogen-bond donors (Lipinski definition) is 2. The van der Waals surface area contributed by atoms with Crippen LogP contribution in [0.5, 0.6) is 0 Å². The fourth-order valence-electron chi connectivity index (χ4n) is 3.40. The average molecular weight is 416 g/mol. The van der Waals surface area contributed by atoms with Crippen LogP contribution in [0.25, 0.3) is 0 Å². The summed E-state index contributed by atoms with van der Waals surface area (Å²) >= 11 is 0. The van der Waals surface area contributed by atoms with Crippen LogP contribution in [0, 0.1) is 19.8 Å². The summed E-state index contributed by atoms with van der Waals surface area (Å²) in [5, 5.41) is 0. The highest BCUT2D eigenvalue weighted by Gasteiger charge is 2.27. The van der Waals surface area contributed by atoms with Crippen LogP contribution in [0.4, 0.5) is 5.69 Å². The molecule has 0 bridgehead atoms. The van der Waals surface area contributed by atoms with Crippen LogP contribution in [0.2, 0.25) is 0 Å². The summed E-state index contributed by atoms with van der Waals surface area (Å²) in [5.74, 6) is -0.811. The van der Waals surface area contributed by atoms with Gasteiger partial charge in [0.1, 0.15) is 0 Å². The maximum atomic E-state index is 12.9. The number of piperidine rings is 1. The summed E-state index contributed by atoms with van der Waals surface area (Å²) in [7, 11) is -3.85. The molecule has 0 atom stereocenters. The molecule has 1 fully saturated rings. The molecular formula is C21H25N3O4S. The third kappa shape index (κ3) is 4.76. The van der Waals surface area contributed by atoms with Crippen LogP contribution >= 0.6 is 0 Å². The van der Waals surface area contributed by atoms with E-state index in [1.165, 1.54) is 6.07 Å². The van der Waals surface area contributed by atoms with Crippen molar-refractivity contribution in [3.63, 3.8) is 0 Å². The van der Waals surface area contributed by atoms with Gasteiger partial charge in [0.05, 0.1) is 4.90 Å². The van der Waals surface area contributed by atoms with Crippen molar-refractivity contribution < 1.29 is 18.0 Å². The van der Waals surface area contributed by atoms with Gasteiger partial charge in [-0.3, -0.25) is 14.3 Å². The summed E-state index contributed by atoms with van der Waals surface area (Å²) in [5.41, 5.74) is 7.68. The molecule has 2 aromatic carbocycles. The molecule has 0 aromatic heterocycles. The van der Waals surface area contributed by atoms with Crippen molar-refractivity contribution in [2.24, 2.45) is 11.7 Å². The van der Waals surface area contributed by atoms with Gasteiger partial charge >= 0.3 is 0 Å². The third-order valence-corrected chi connectivity index (χ3v) is 6.74. The zero-order valence-corrected chi connectivity index (χ0v) is 17.3. The first kappa shape index (κ1) is 20.9. The molecule has 0 saturated carbocycles. The normalized spacial score (nSPS) is 15.2. The quantitative estimate of drug-likeness (QED) is 0.781. The van der Waals surface area contributed by atoms with Gasteiger partial charge < -0.3 is 10.6 Å². The molecule has 29 heavy (non-hydrogen) atoms. The Morgan fingerprint density at radius 3 is 2.24 bits per heavy atom. The zero-order chi connectivity index (χ0) is 21.2. The third-order valence-electron chi connectivity index (χ3n) is 5.21. The highest BCUT2D eigenvalue weighted by Crippen LogP contribution is 2.24. The molecule has 1 heterocycles. The fourth-order valence-corrected chi connectivity index (χ4v) is 4.73. The number of rotatable bonds is 5. The molecule has 8 heteroatoms. The van der Waals surface area contributed by atoms with Crippen molar-refractivity contribution in [1.82, 2.24) is 4.90 Å². The second-order valence-corrected chi connectivity index (χ2v) is 9.07. The molecule has 0 unspecified atom stereocenters. The summed E-state index contributed by atoms with van der Waals surface area (Å²) in [6, 6.07) is 11.7. The van der Waals surface area contributed by atoms with Gasteiger partial charge in [-0.15, -0.1) is 0 Å². The van der Waals surface area contributed by atoms with E-state index < -0.39 is 10.0 Å². The summed E-state index contributed by atoms with van der Waals surface area (Å²) < 4.78 is 28.3. The minimum atomic E-state index is -3.85. The van der Waals surface area contributed by atoms with E-state index in [0.717, 1.165) is 5.56 Å². The standard InChI is InChI=1S/C21H25N3O4S/c1-14-3-7-18(8-4-14)23-29(27,28)19-13-17(6-5-15(19)2)21(26)24-11-9-16(10-12-24)20(22)25/h3-8,13,16,23H,9-12H2,1-2H3,(H2,22,25). The molecule has 1 aliphatic rings. The molecule has 0 aliphatic carbocycles. The Labute approximate surface area is 171 Å². The first-order valence-corrected chi connectivity index (χ1v) is 10.9. The number of nitrogens with one attached hydrogen (secondary N) is 1. The van der Waals surface area contributed by atoms with E-state index in [1.54, 1.807) is 36.1 Å². The van der Waals surface area contributed by atoms with E-state index >= 15 is 0 Å². The Hall–Kier alpha value is -2.87. The van der Waals surface area contributed by atoms with Crippen LogP contribution in [0.1, 0.15) is 34.3 Å². The first-order valence-electron chi connectivity index (χ1n) is 9.46.